The first-order chi connectivity index (χ1) is 15.2. The molecule has 0 saturated carbocycles. The Kier molecular flexibility index (Phi) is 5.36. The van der Waals surface area contributed by atoms with Gasteiger partial charge in [0.1, 0.15) is 12.4 Å². The van der Waals surface area contributed by atoms with Gasteiger partial charge in [0.15, 0.2) is 5.82 Å². The van der Waals surface area contributed by atoms with E-state index in [1.165, 1.54) is 17.2 Å². The van der Waals surface area contributed by atoms with Crippen LogP contribution in [0.1, 0.15) is 49.8 Å². The van der Waals surface area contributed by atoms with Crippen molar-refractivity contribution in [1.29, 1.82) is 0 Å². The molecule has 1 unspecified atom stereocenters. The van der Waals surface area contributed by atoms with Gasteiger partial charge in [-0.15, -0.1) is 10.2 Å². The maximum absolute atomic E-state index is 13.2. The summed E-state index contributed by atoms with van der Waals surface area (Å²) in [7, 11) is 0. The zero-order chi connectivity index (χ0) is 21.2. The Bertz CT molecular complexity index is 1140. The summed E-state index contributed by atoms with van der Waals surface area (Å²) in [6.07, 6.45) is 6.19. The molecule has 5 rings (SSSR count). The molecule has 0 aliphatic carbocycles. The first kappa shape index (κ1) is 19.7. The number of benzene rings is 1. The molecule has 0 radical (unpaired) electrons. The summed E-state index contributed by atoms with van der Waals surface area (Å²) in [5.74, 6) is 1.81. The number of aromatic nitrogens is 5. The maximum Gasteiger partial charge on any atom is 0.267 e. The number of carbonyl (C=O) groups excluding carboxylic acids is 1. The summed E-state index contributed by atoms with van der Waals surface area (Å²) in [5.41, 5.74) is 1.31. The van der Waals surface area contributed by atoms with E-state index in [0.29, 0.717) is 12.2 Å². The molecule has 2 aliphatic rings. The second-order valence-electron chi connectivity index (χ2n) is 8.26. The molecule has 1 fully saturated rings. The molecule has 4 heterocycles. The van der Waals surface area contributed by atoms with E-state index in [9.17, 15) is 9.59 Å². The maximum atomic E-state index is 13.2. The first-order valence-corrected chi connectivity index (χ1v) is 11.1. The van der Waals surface area contributed by atoms with Gasteiger partial charge in [0.25, 0.3) is 5.56 Å². The molecule has 1 amide bonds. The summed E-state index contributed by atoms with van der Waals surface area (Å²) < 4.78 is 3.48. The molecule has 8 heteroatoms. The largest absolute Gasteiger partial charge is 0.331 e. The first-order valence-electron chi connectivity index (χ1n) is 11.1. The fraction of sp³-hybridized carbons (Fsp3) is 0.435. The topological polar surface area (TPSA) is 85.9 Å². The van der Waals surface area contributed by atoms with Crippen LogP contribution in [0.4, 0.5) is 0 Å². The van der Waals surface area contributed by atoms with Gasteiger partial charge in [0.2, 0.25) is 5.91 Å². The van der Waals surface area contributed by atoms with Crippen LogP contribution in [0.3, 0.4) is 0 Å². The number of hydrogen-bond donors (Lipinski definition) is 0. The highest BCUT2D eigenvalue weighted by molar-refractivity contribution is 5.76. The molecule has 8 nitrogen and oxygen atoms in total. The number of rotatable bonds is 4. The third-order valence-electron chi connectivity index (χ3n) is 6.23. The highest BCUT2D eigenvalue weighted by atomic mass is 16.2. The van der Waals surface area contributed by atoms with E-state index in [-0.39, 0.29) is 24.1 Å². The molecule has 0 bridgehead atoms. The van der Waals surface area contributed by atoms with Crippen molar-refractivity contribution in [2.24, 2.45) is 0 Å². The molecular formula is C23H26N6O2. The van der Waals surface area contributed by atoms with E-state index in [0.717, 1.165) is 55.9 Å². The number of fused-ring (bicyclic) bond motifs is 1. The number of nitrogens with zero attached hydrogens (tertiary/aromatic N) is 6. The minimum Gasteiger partial charge on any atom is -0.331 e. The number of carbonyl (C=O) groups is 1. The molecule has 1 atom stereocenters. The molecule has 0 spiro atoms. The van der Waals surface area contributed by atoms with E-state index in [4.69, 9.17) is 0 Å². The van der Waals surface area contributed by atoms with Crippen molar-refractivity contribution in [3.05, 3.63) is 64.5 Å². The molecule has 31 heavy (non-hydrogen) atoms. The highest BCUT2D eigenvalue weighted by Crippen LogP contribution is 2.32. The average Bonchev–Trinajstić information content (AvgIpc) is 3.36. The van der Waals surface area contributed by atoms with Crippen LogP contribution in [-0.2, 0) is 24.3 Å². The Morgan fingerprint density at radius 2 is 1.84 bits per heavy atom. The quantitative estimate of drug-likeness (QED) is 0.650. The standard InChI is InChI=1S/C23H26N6O2/c30-21-13-12-18(17-8-3-1-4-9-17)26-29(21)16-22(31)27-15-7-10-19(27)23-25-24-20-11-5-2-6-14-28(20)23/h1,3-4,8-9,12-13,19H,2,5-7,10-11,14-16H2. The second-order valence-corrected chi connectivity index (χ2v) is 8.26. The Balaban J connectivity index is 1.38. The van der Waals surface area contributed by atoms with Crippen LogP contribution >= 0.6 is 0 Å². The Morgan fingerprint density at radius 1 is 0.968 bits per heavy atom. The lowest BCUT2D eigenvalue weighted by atomic mass is 10.1. The fourth-order valence-electron chi connectivity index (χ4n) is 4.63. The molecular weight excluding hydrogens is 392 g/mol. The van der Waals surface area contributed by atoms with Crippen molar-refractivity contribution in [3.63, 3.8) is 0 Å². The SMILES string of the molecule is O=C(Cn1nc(-c2ccccc2)ccc1=O)N1CCCC1c1nnc2n1CCCCC2. The van der Waals surface area contributed by atoms with Crippen LogP contribution < -0.4 is 5.56 Å². The van der Waals surface area contributed by atoms with Crippen molar-refractivity contribution in [1.82, 2.24) is 29.4 Å². The van der Waals surface area contributed by atoms with Crippen molar-refractivity contribution in [2.75, 3.05) is 6.54 Å². The predicted molar refractivity (Wildman–Crippen MR) is 115 cm³/mol. The van der Waals surface area contributed by atoms with Crippen LogP contribution in [0.15, 0.2) is 47.3 Å². The van der Waals surface area contributed by atoms with Crippen LogP contribution in [0.2, 0.25) is 0 Å². The van der Waals surface area contributed by atoms with E-state index >= 15 is 0 Å². The predicted octanol–water partition coefficient (Wildman–Crippen LogP) is 2.59. The van der Waals surface area contributed by atoms with Gasteiger partial charge in [0.05, 0.1) is 11.7 Å². The smallest absolute Gasteiger partial charge is 0.267 e. The van der Waals surface area contributed by atoms with Gasteiger partial charge in [-0.2, -0.15) is 5.10 Å². The summed E-state index contributed by atoms with van der Waals surface area (Å²) in [5, 5.41) is 13.3. The molecule has 2 aromatic heterocycles. The van der Waals surface area contributed by atoms with Crippen molar-refractivity contribution < 1.29 is 4.79 Å². The molecule has 0 N–H and O–H groups in total. The van der Waals surface area contributed by atoms with Crippen molar-refractivity contribution in [2.45, 2.75) is 57.7 Å². The van der Waals surface area contributed by atoms with E-state index < -0.39 is 0 Å². The van der Waals surface area contributed by atoms with Crippen LogP contribution in [0, 0.1) is 0 Å². The molecule has 1 aromatic carbocycles. The zero-order valence-corrected chi connectivity index (χ0v) is 17.5. The van der Waals surface area contributed by atoms with Gasteiger partial charge in [-0.25, -0.2) is 4.68 Å². The monoisotopic (exact) mass is 418 g/mol. The molecule has 3 aromatic rings. The third-order valence-corrected chi connectivity index (χ3v) is 6.23. The zero-order valence-electron chi connectivity index (χ0n) is 17.5. The van der Waals surface area contributed by atoms with Crippen LogP contribution in [0.25, 0.3) is 11.3 Å². The lowest BCUT2D eigenvalue weighted by molar-refractivity contribution is -0.133. The summed E-state index contributed by atoms with van der Waals surface area (Å²) >= 11 is 0. The van der Waals surface area contributed by atoms with Crippen LogP contribution in [0.5, 0.6) is 0 Å². The number of likely N-dealkylation sites (tertiary alicyclic amines) is 1. The summed E-state index contributed by atoms with van der Waals surface area (Å²) in [6.45, 7) is 1.51. The fourth-order valence-corrected chi connectivity index (χ4v) is 4.63. The Hall–Kier alpha value is -3.29. The van der Waals surface area contributed by atoms with E-state index in [1.54, 1.807) is 6.07 Å². The second kappa shape index (κ2) is 8.45. The summed E-state index contributed by atoms with van der Waals surface area (Å²) in [6, 6.07) is 12.7. The lowest BCUT2D eigenvalue weighted by Gasteiger charge is -2.25. The van der Waals surface area contributed by atoms with Gasteiger partial charge in [-0.3, -0.25) is 9.59 Å². The average molecular weight is 419 g/mol. The highest BCUT2D eigenvalue weighted by Gasteiger charge is 2.34. The van der Waals surface area contributed by atoms with Gasteiger partial charge < -0.3 is 9.47 Å². The van der Waals surface area contributed by atoms with Gasteiger partial charge in [-0.1, -0.05) is 36.8 Å². The minimum absolute atomic E-state index is 0.0724. The van der Waals surface area contributed by atoms with Crippen LogP contribution in [-0.4, -0.2) is 41.9 Å². The summed E-state index contributed by atoms with van der Waals surface area (Å²) in [4.78, 5) is 27.5. The number of hydrogen-bond acceptors (Lipinski definition) is 5. The number of aryl methyl sites for hydroxylation is 1. The Labute approximate surface area is 180 Å². The molecule has 2 aliphatic heterocycles. The molecule has 160 valence electrons. The molecule has 1 saturated heterocycles. The van der Waals surface area contributed by atoms with E-state index in [1.807, 2.05) is 35.2 Å². The minimum atomic E-state index is -0.278. The Morgan fingerprint density at radius 3 is 2.71 bits per heavy atom. The van der Waals surface area contributed by atoms with Gasteiger partial charge in [-0.05, 0) is 31.7 Å². The number of amides is 1. The van der Waals surface area contributed by atoms with Gasteiger partial charge in [0, 0.05) is 31.1 Å². The van der Waals surface area contributed by atoms with E-state index in [2.05, 4.69) is 19.9 Å². The third kappa shape index (κ3) is 3.89. The normalized spacial score (nSPS) is 18.6. The lowest BCUT2D eigenvalue weighted by Crippen LogP contribution is -2.37. The van der Waals surface area contributed by atoms with Gasteiger partial charge >= 0.3 is 0 Å². The van der Waals surface area contributed by atoms with Crippen molar-refractivity contribution in [3.8, 4) is 11.3 Å². The van der Waals surface area contributed by atoms with Crippen molar-refractivity contribution >= 4 is 5.91 Å².